The summed E-state index contributed by atoms with van der Waals surface area (Å²) in [5.74, 6) is -2.66. The highest BCUT2D eigenvalue weighted by molar-refractivity contribution is 6.41. The summed E-state index contributed by atoms with van der Waals surface area (Å²) in [5, 5.41) is 11.6. The van der Waals surface area contributed by atoms with Crippen molar-refractivity contribution in [3.05, 3.63) is 64.3 Å². The van der Waals surface area contributed by atoms with E-state index >= 15 is 0 Å². The fraction of sp³-hybridized carbons (Fsp3) is 0.400. The van der Waals surface area contributed by atoms with Crippen molar-refractivity contribution in [3.8, 4) is 0 Å². The number of esters is 1. The Bertz CT molecular complexity index is 1170. The second-order valence-corrected chi connectivity index (χ2v) is 9.07. The molecule has 1 saturated heterocycles. The Labute approximate surface area is 217 Å². The lowest BCUT2D eigenvalue weighted by molar-refractivity contribution is -0.135. The predicted molar refractivity (Wildman–Crippen MR) is 131 cm³/mol. The first-order chi connectivity index (χ1) is 17.7. The van der Waals surface area contributed by atoms with Crippen molar-refractivity contribution in [2.75, 3.05) is 13.7 Å². The first-order valence-electron chi connectivity index (χ1n) is 11.7. The number of nitrogens with one attached hydrogen (secondary N) is 3. The van der Waals surface area contributed by atoms with Crippen molar-refractivity contribution in [2.45, 2.75) is 44.7 Å². The zero-order valence-corrected chi connectivity index (χ0v) is 21.1. The summed E-state index contributed by atoms with van der Waals surface area (Å²) in [7, 11) is 1.17. The van der Waals surface area contributed by atoms with Gasteiger partial charge in [-0.1, -0.05) is 28.9 Å². The first-order valence-corrected chi connectivity index (χ1v) is 12.1. The second-order valence-electron chi connectivity index (χ2n) is 8.67. The molecule has 0 bridgehead atoms. The summed E-state index contributed by atoms with van der Waals surface area (Å²) < 4.78 is 23.0. The smallest absolute Gasteiger partial charge is 0.349 e. The monoisotopic (exact) mass is 534 g/mol. The largest absolute Gasteiger partial charge is 0.465 e. The Kier molecular flexibility index (Phi) is 9.78. The van der Waals surface area contributed by atoms with Crippen LogP contribution < -0.4 is 16.0 Å². The SMILES string of the molecule is COC(=O)C(Cl)=C[C@H](C[C@@H]1CCCNC1=O)NC(=O)[C@H](Cc1ccc(F)cc1)NC(=O)c1cc(C)on1. The summed E-state index contributed by atoms with van der Waals surface area (Å²) in [6.45, 7) is 2.19. The van der Waals surface area contributed by atoms with Gasteiger partial charge in [-0.3, -0.25) is 14.4 Å². The topological polar surface area (TPSA) is 140 Å². The van der Waals surface area contributed by atoms with Gasteiger partial charge in [0.2, 0.25) is 11.8 Å². The number of nitrogens with zero attached hydrogens (tertiary/aromatic N) is 1. The summed E-state index contributed by atoms with van der Waals surface area (Å²) >= 11 is 6.07. The number of halogens is 2. The van der Waals surface area contributed by atoms with E-state index in [1.807, 2.05) is 0 Å². The number of amides is 3. The molecule has 1 aromatic carbocycles. The van der Waals surface area contributed by atoms with Crippen LogP contribution in [-0.4, -0.2) is 54.6 Å². The third-order valence-corrected chi connectivity index (χ3v) is 6.11. The standard InChI is InChI=1S/C25H28ClFN4O6/c1-14-10-21(31-37-14)24(34)30-20(11-15-5-7-17(27)8-6-15)23(33)29-18(13-19(26)25(35)36-2)12-16-4-3-9-28-22(16)32/h5-8,10,13,16,18,20H,3-4,9,11-12H2,1-2H3,(H,28,32)(H,29,33)(H,30,34)/t16-,18-,20-/m0/s1. The van der Waals surface area contributed by atoms with Crippen LogP contribution in [0.3, 0.4) is 0 Å². The number of hydrogen-bond donors (Lipinski definition) is 3. The number of aromatic nitrogens is 1. The van der Waals surface area contributed by atoms with E-state index in [1.165, 1.54) is 43.5 Å². The maximum Gasteiger partial charge on any atom is 0.349 e. The number of aryl methyl sites for hydroxylation is 1. The van der Waals surface area contributed by atoms with Crippen molar-refractivity contribution in [3.63, 3.8) is 0 Å². The van der Waals surface area contributed by atoms with Gasteiger partial charge >= 0.3 is 5.97 Å². The lowest BCUT2D eigenvalue weighted by Gasteiger charge is -2.27. The average molecular weight is 535 g/mol. The first kappa shape index (κ1) is 27.9. The molecule has 2 heterocycles. The molecule has 3 atom stereocenters. The van der Waals surface area contributed by atoms with E-state index in [9.17, 15) is 23.6 Å². The molecule has 1 aromatic heterocycles. The fourth-order valence-electron chi connectivity index (χ4n) is 3.93. The molecule has 3 rings (SSSR count). The zero-order valence-electron chi connectivity index (χ0n) is 20.4. The number of benzene rings is 1. The van der Waals surface area contributed by atoms with Gasteiger partial charge in [0.15, 0.2) is 5.69 Å². The lowest BCUT2D eigenvalue weighted by atomic mass is 9.91. The molecule has 3 amide bonds. The Hall–Kier alpha value is -3.73. The highest BCUT2D eigenvalue weighted by Gasteiger charge is 2.29. The van der Waals surface area contributed by atoms with Gasteiger partial charge in [-0.05, 0) is 50.0 Å². The van der Waals surface area contributed by atoms with Crippen LogP contribution in [0.2, 0.25) is 0 Å². The highest BCUT2D eigenvalue weighted by Crippen LogP contribution is 2.20. The Morgan fingerprint density at radius 2 is 2.03 bits per heavy atom. The molecule has 3 N–H and O–H groups in total. The van der Waals surface area contributed by atoms with Crippen molar-refractivity contribution in [2.24, 2.45) is 5.92 Å². The molecule has 37 heavy (non-hydrogen) atoms. The minimum atomic E-state index is -1.11. The molecule has 1 fully saturated rings. The second kappa shape index (κ2) is 13.0. The zero-order chi connectivity index (χ0) is 26.9. The quantitative estimate of drug-likeness (QED) is 0.313. The number of rotatable bonds is 10. The van der Waals surface area contributed by atoms with Gasteiger partial charge in [-0.15, -0.1) is 0 Å². The van der Waals surface area contributed by atoms with E-state index in [4.69, 9.17) is 16.1 Å². The summed E-state index contributed by atoms with van der Waals surface area (Å²) in [6, 6.07) is 4.98. The number of piperidine rings is 1. The van der Waals surface area contributed by atoms with E-state index in [1.54, 1.807) is 6.92 Å². The average Bonchev–Trinajstić information content (AvgIpc) is 3.32. The van der Waals surface area contributed by atoms with E-state index in [-0.39, 0.29) is 29.5 Å². The minimum Gasteiger partial charge on any atom is -0.465 e. The van der Waals surface area contributed by atoms with E-state index < -0.39 is 41.6 Å². The molecular formula is C25H28ClFN4O6. The van der Waals surface area contributed by atoms with Gasteiger partial charge < -0.3 is 25.2 Å². The third-order valence-electron chi connectivity index (χ3n) is 5.83. The van der Waals surface area contributed by atoms with Gasteiger partial charge in [-0.2, -0.15) is 0 Å². The number of ether oxygens (including phenoxy) is 1. The molecule has 0 unspecified atom stereocenters. The van der Waals surface area contributed by atoms with Gasteiger partial charge in [-0.25, -0.2) is 9.18 Å². The Balaban J connectivity index is 1.83. The molecule has 0 saturated carbocycles. The van der Waals surface area contributed by atoms with Gasteiger partial charge in [0.25, 0.3) is 5.91 Å². The van der Waals surface area contributed by atoms with Crippen LogP contribution >= 0.6 is 11.6 Å². The van der Waals surface area contributed by atoms with Crippen LogP contribution in [0.1, 0.15) is 41.1 Å². The fourth-order valence-corrected chi connectivity index (χ4v) is 4.16. The predicted octanol–water partition coefficient (Wildman–Crippen LogP) is 2.16. The van der Waals surface area contributed by atoms with E-state index in [0.29, 0.717) is 24.3 Å². The molecule has 0 radical (unpaired) electrons. The van der Waals surface area contributed by atoms with Crippen LogP contribution in [0.25, 0.3) is 0 Å². The molecule has 2 aromatic rings. The summed E-state index contributed by atoms with van der Waals surface area (Å²) in [5.41, 5.74) is 0.572. The Morgan fingerprint density at radius 3 is 2.65 bits per heavy atom. The van der Waals surface area contributed by atoms with Crippen LogP contribution in [-0.2, 0) is 25.5 Å². The van der Waals surface area contributed by atoms with Crippen molar-refractivity contribution in [1.82, 2.24) is 21.1 Å². The molecule has 1 aliphatic rings. The van der Waals surface area contributed by atoms with Crippen molar-refractivity contribution < 1.29 is 32.8 Å². The highest BCUT2D eigenvalue weighted by atomic mass is 35.5. The van der Waals surface area contributed by atoms with Crippen LogP contribution in [0.4, 0.5) is 4.39 Å². The molecule has 12 heteroatoms. The molecule has 198 valence electrons. The molecule has 0 aliphatic carbocycles. The molecule has 1 aliphatic heterocycles. The normalized spacial score (nSPS) is 17.4. The third kappa shape index (κ3) is 8.14. The molecule has 10 nitrogen and oxygen atoms in total. The molecular weight excluding hydrogens is 507 g/mol. The van der Waals surface area contributed by atoms with E-state index in [2.05, 4.69) is 25.8 Å². The maximum atomic E-state index is 13.4. The number of methoxy groups -OCH3 is 1. The van der Waals surface area contributed by atoms with Gasteiger partial charge in [0.1, 0.15) is 22.7 Å². The van der Waals surface area contributed by atoms with E-state index in [0.717, 1.165) is 6.42 Å². The van der Waals surface area contributed by atoms with Gasteiger partial charge in [0, 0.05) is 31.0 Å². The van der Waals surface area contributed by atoms with Crippen LogP contribution in [0.15, 0.2) is 46.0 Å². The minimum absolute atomic E-state index is 0.0153. The lowest BCUT2D eigenvalue weighted by Crippen LogP contribution is -2.51. The number of carbonyl (C=O) groups excluding carboxylic acids is 4. The Morgan fingerprint density at radius 1 is 1.30 bits per heavy atom. The summed E-state index contributed by atoms with van der Waals surface area (Å²) in [6.07, 6.45) is 2.88. The number of hydrogen-bond acceptors (Lipinski definition) is 7. The van der Waals surface area contributed by atoms with Crippen molar-refractivity contribution in [1.29, 1.82) is 0 Å². The van der Waals surface area contributed by atoms with Crippen LogP contribution in [0.5, 0.6) is 0 Å². The van der Waals surface area contributed by atoms with Gasteiger partial charge in [0.05, 0.1) is 7.11 Å². The van der Waals surface area contributed by atoms with Crippen molar-refractivity contribution >= 4 is 35.3 Å². The molecule has 0 spiro atoms. The number of carbonyl (C=O) groups is 4. The van der Waals surface area contributed by atoms with Crippen LogP contribution in [0, 0.1) is 18.7 Å². The maximum absolute atomic E-state index is 13.4. The summed E-state index contributed by atoms with van der Waals surface area (Å²) in [4.78, 5) is 50.4.